The summed E-state index contributed by atoms with van der Waals surface area (Å²) in [6.07, 6.45) is 2.75. The van der Waals surface area contributed by atoms with E-state index >= 15 is 0 Å². The topological polar surface area (TPSA) is 20.3 Å². The Morgan fingerprint density at radius 1 is 1.70 bits per heavy atom. The highest BCUT2D eigenvalue weighted by atomic mass is 16.2. The van der Waals surface area contributed by atoms with E-state index in [1.807, 2.05) is 0 Å². The Kier molecular flexibility index (Phi) is 4.63. The third-order valence-electron chi connectivity index (χ3n) is 1.29. The summed E-state index contributed by atoms with van der Waals surface area (Å²) in [7, 11) is 0. The molecule has 0 saturated heterocycles. The summed E-state index contributed by atoms with van der Waals surface area (Å²) >= 11 is 0. The summed E-state index contributed by atoms with van der Waals surface area (Å²) in [6.45, 7) is 8.71. The summed E-state index contributed by atoms with van der Waals surface area (Å²) < 4.78 is 0. The minimum Gasteiger partial charge on any atom is -0.339 e. The normalized spacial score (nSPS) is 9.00. The zero-order valence-electron chi connectivity index (χ0n) is 6.76. The molecule has 0 bridgehead atoms. The molecule has 2 heteroatoms. The van der Waals surface area contributed by atoms with Gasteiger partial charge in [-0.3, -0.25) is 4.79 Å². The highest BCUT2D eigenvalue weighted by molar-refractivity contribution is 5.73. The minimum absolute atomic E-state index is 0.127. The van der Waals surface area contributed by atoms with E-state index in [0.29, 0.717) is 6.54 Å². The van der Waals surface area contributed by atoms with Crippen molar-refractivity contribution in [2.45, 2.75) is 20.3 Å². The predicted molar refractivity (Wildman–Crippen MR) is 42.7 cm³/mol. The van der Waals surface area contributed by atoms with Crippen molar-refractivity contribution in [3.8, 4) is 0 Å². The zero-order valence-corrected chi connectivity index (χ0v) is 6.76. The molecule has 58 valence electrons. The monoisotopic (exact) mass is 141 g/mol. The number of carbonyl (C=O) groups excluding carboxylic acids is 1. The molecule has 10 heavy (non-hydrogen) atoms. The molecule has 0 N–H and O–H groups in total. The molecule has 0 spiro atoms. The molecule has 0 aliphatic carbocycles. The second kappa shape index (κ2) is 5.03. The first-order chi connectivity index (χ1) is 4.72. The van der Waals surface area contributed by atoms with Crippen molar-refractivity contribution < 1.29 is 4.79 Å². The molecule has 0 atom stereocenters. The quantitative estimate of drug-likeness (QED) is 0.542. The average molecular weight is 141 g/mol. The molecule has 0 unspecified atom stereocenters. The maximum atomic E-state index is 10.8. The summed E-state index contributed by atoms with van der Waals surface area (Å²) in [5, 5.41) is 0. The highest BCUT2D eigenvalue weighted by Gasteiger charge is 2.02. The number of carbonyl (C=O) groups is 1. The number of amides is 1. The largest absolute Gasteiger partial charge is 0.339 e. The smallest absolute Gasteiger partial charge is 0.219 e. The summed E-state index contributed by atoms with van der Waals surface area (Å²) in [4.78, 5) is 12.6. The van der Waals surface area contributed by atoms with E-state index in [-0.39, 0.29) is 5.91 Å². The lowest BCUT2D eigenvalue weighted by molar-refractivity contribution is -0.128. The maximum Gasteiger partial charge on any atom is 0.219 e. The fourth-order valence-corrected chi connectivity index (χ4v) is 0.803. The van der Waals surface area contributed by atoms with Crippen molar-refractivity contribution in [1.82, 2.24) is 4.90 Å². The van der Waals surface area contributed by atoms with Gasteiger partial charge in [-0.2, -0.15) is 0 Å². The second-order valence-electron chi connectivity index (χ2n) is 2.25. The van der Waals surface area contributed by atoms with E-state index in [4.69, 9.17) is 0 Å². The lowest BCUT2D eigenvalue weighted by Gasteiger charge is -2.17. The van der Waals surface area contributed by atoms with Gasteiger partial charge < -0.3 is 4.90 Å². The van der Waals surface area contributed by atoms with Crippen LogP contribution in [-0.2, 0) is 4.79 Å². The Balaban J connectivity index is 3.71. The molecule has 0 rings (SSSR count). The number of hydrogen-bond donors (Lipinski definition) is 0. The van der Waals surface area contributed by atoms with Gasteiger partial charge >= 0.3 is 0 Å². The zero-order chi connectivity index (χ0) is 7.98. The van der Waals surface area contributed by atoms with E-state index in [1.54, 1.807) is 17.9 Å². The molecule has 0 aromatic rings. The molecule has 0 heterocycles. The maximum absolute atomic E-state index is 10.8. The summed E-state index contributed by atoms with van der Waals surface area (Å²) in [5.74, 6) is 0.127. The fourth-order valence-electron chi connectivity index (χ4n) is 0.803. The number of hydrogen-bond acceptors (Lipinski definition) is 1. The van der Waals surface area contributed by atoms with E-state index in [0.717, 1.165) is 13.0 Å². The highest BCUT2D eigenvalue weighted by Crippen LogP contribution is 1.91. The van der Waals surface area contributed by atoms with Crippen LogP contribution in [0.4, 0.5) is 0 Å². The van der Waals surface area contributed by atoms with Crippen LogP contribution in [0.5, 0.6) is 0 Å². The van der Waals surface area contributed by atoms with Gasteiger partial charge in [-0.25, -0.2) is 0 Å². The number of nitrogens with zero attached hydrogens (tertiary/aromatic N) is 1. The van der Waals surface area contributed by atoms with Gasteiger partial charge in [0.1, 0.15) is 0 Å². The van der Waals surface area contributed by atoms with Crippen LogP contribution >= 0.6 is 0 Å². The van der Waals surface area contributed by atoms with Crippen LogP contribution in [-0.4, -0.2) is 23.9 Å². The van der Waals surface area contributed by atoms with Crippen molar-refractivity contribution in [2.24, 2.45) is 0 Å². The Morgan fingerprint density at radius 2 is 2.30 bits per heavy atom. The minimum atomic E-state index is 0.127. The molecule has 2 nitrogen and oxygen atoms in total. The van der Waals surface area contributed by atoms with Crippen molar-refractivity contribution >= 4 is 5.91 Å². The first-order valence-corrected chi connectivity index (χ1v) is 3.58. The SMILES string of the molecule is C=CCN(CCC)C(C)=O. The molecule has 0 fully saturated rings. The van der Waals surface area contributed by atoms with Gasteiger partial charge in [0.15, 0.2) is 0 Å². The Bertz CT molecular complexity index is 120. The standard InChI is InChI=1S/C8H15NO/c1-4-6-9(7-5-2)8(3)10/h4H,1,5-7H2,2-3H3. The van der Waals surface area contributed by atoms with Crippen LogP contribution in [0.25, 0.3) is 0 Å². The molecule has 0 aromatic heterocycles. The second-order valence-corrected chi connectivity index (χ2v) is 2.25. The molecule has 0 aliphatic heterocycles. The molecule has 0 radical (unpaired) electrons. The van der Waals surface area contributed by atoms with Crippen molar-refractivity contribution in [1.29, 1.82) is 0 Å². The van der Waals surface area contributed by atoms with Crippen molar-refractivity contribution in [3.05, 3.63) is 12.7 Å². The Hall–Kier alpha value is -0.790. The van der Waals surface area contributed by atoms with Crippen LogP contribution in [0, 0.1) is 0 Å². The van der Waals surface area contributed by atoms with Gasteiger partial charge in [-0.1, -0.05) is 13.0 Å². The van der Waals surface area contributed by atoms with Gasteiger partial charge in [-0.15, -0.1) is 6.58 Å². The third-order valence-corrected chi connectivity index (χ3v) is 1.29. The lowest BCUT2D eigenvalue weighted by Crippen LogP contribution is -2.29. The lowest BCUT2D eigenvalue weighted by atomic mass is 10.4. The van der Waals surface area contributed by atoms with E-state index in [9.17, 15) is 4.79 Å². The van der Waals surface area contributed by atoms with Gasteiger partial charge in [-0.05, 0) is 6.42 Å². The Labute approximate surface area is 62.5 Å². The Morgan fingerprint density at radius 3 is 2.60 bits per heavy atom. The van der Waals surface area contributed by atoms with Gasteiger partial charge in [0.05, 0.1) is 0 Å². The van der Waals surface area contributed by atoms with Gasteiger partial charge in [0.2, 0.25) is 5.91 Å². The molecular formula is C8H15NO. The van der Waals surface area contributed by atoms with Crippen LogP contribution in [0.15, 0.2) is 12.7 Å². The third kappa shape index (κ3) is 3.28. The van der Waals surface area contributed by atoms with Crippen LogP contribution < -0.4 is 0 Å². The van der Waals surface area contributed by atoms with E-state index in [2.05, 4.69) is 13.5 Å². The van der Waals surface area contributed by atoms with Crippen LogP contribution in [0.2, 0.25) is 0 Å². The molecular weight excluding hydrogens is 126 g/mol. The van der Waals surface area contributed by atoms with Crippen LogP contribution in [0.1, 0.15) is 20.3 Å². The number of rotatable bonds is 4. The van der Waals surface area contributed by atoms with Crippen LogP contribution in [0.3, 0.4) is 0 Å². The predicted octanol–water partition coefficient (Wildman–Crippen LogP) is 1.43. The van der Waals surface area contributed by atoms with Crippen molar-refractivity contribution in [3.63, 3.8) is 0 Å². The molecule has 0 aliphatic rings. The molecule has 1 amide bonds. The average Bonchev–Trinajstić information content (AvgIpc) is 1.87. The van der Waals surface area contributed by atoms with Gasteiger partial charge in [0, 0.05) is 20.0 Å². The van der Waals surface area contributed by atoms with Crippen molar-refractivity contribution in [2.75, 3.05) is 13.1 Å². The fraction of sp³-hybridized carbons (Fsp3) is 0.625. The summed E-state index contributed by atoms with van der Waals surface area (Å²) in [5.41, 5.74) is 0. The first kappa shape index (κ1) is 9.21. The van der Waals surface area contributed by atoms with E-state index < -0.39 is 0 Å². The molecule has 0 aromatic carbocycles. The summed E-state index contributed by atoms with van der Waals surface area (Å²) in [6, 6.07) is 0. The molecule has 0 saturated carbocycles. The van der Waals surface area contributed by atoms with Gasteiger partial charge in [0.25, 0.3) is 0 Å². The first-order valence-electron chi connectivity index (χ1n) is 3.58. The van der Waals surface area contributed by atoms with E-state index in [1.165, 1.54) is 0 Å².